The number of carbonyl (C=O) groups is 1. The van der Waals surface area contributed by atoms with Gasteiger partial charge in [0.15, 0.2) is 5.78 Å². The van der Waals surface area contributed by atoms with E-state index in [1.807, 2.05) is 6.07 Å². The summed E-state index contributed by atoms with van der Waals surface area (Å²) in [6, 6.07) is 13.1. The summed E-state index contributed by atoms with van der Waals surface area (Å²) in [4.78, 5) is 20.3. The third kappa shape index (κ3) is 5.23. The molecule has 30 heavy (non-hydrogen) atoms. The summed E-state index contributed by atoms with van der Waals surface area (Å²) in [5, 5.41) is 0.400. The number of ketones is 1. The molecule has 0 radical (unpaired) electrons. The van der Waals surface area contributed by atoms with E-state index in [4.69, 9.17) is 27.9 Å². The van der Waals surface area contributed by atoms with E-state index in [1.165, 1.54) is 31.5 Å². The highest BCUT2D eigenvalue weighted by molar-refractivity contribution is 7.99. The zero-order valence-electron chi connectivity index (χ0n) is 15.5. The molecule has 3 rings (SSSR count). The first-order valence-corrected chi connectivity index (χ1v) is 11.6. The lowest BCUT2D eigenvalue weighted by molar-refractivity contribution is 0.102. The number of Topliss-reactive ketones (excluding diaryl/α,β-unsaturated/α-hetero) is 1. The Morgan fingerprint density at radius 2 is 1.87 bits per heavy atom. The van der Waals surface area contributed by atoms with Gasteiger partial charge >= 0.3 is 0 Å². The molecular weight excluding hydrogens is 469 g/mol. The van der Waals surface area contributed by atoms with Gasteiger partial charge in [-0.3, -0.25) is 9.52 Å². The Labute approximate surface area is 187 Å². The van der Waals surface area contributed by atoms with Crippen LogP contribution in [0, 0.1) is 0 Å². The summed E-state index contributed by atoms with van der Waals surface area (Å²) in [6.07, 6.45) is 1.35. The van der Waals surface area contributed by atoms with E-state index in [9.17, 15) is 13.2 Å². The molecule has 0 saturated heterocycles. The Morgan fingerprint density at radius 3 is 2.57 bits per heavy atom. The Morgan fingerprint density at radius 1 is 1.13 bits per heavy atom. The Kier molecular flexibility index (Phi) is 7.19. The van der Waals surface area contributed by atoms with Crippen LogP contribution in [0.25, 0.3) is 0 Å². The lowest BCUT2D eigenvalue weighted by atomic mass is 10.2. The van der Waals surface area contributed by atoms with Crippen molar-refractivity contribution in [3.05, 3.63) is 70.3 Å². The molecule has 0 fully saturated rings. The van der Waals surface area contributed by atoms with Gasteiger partial charge in [-0.05, 0) is 12.1 Å². The lowest BCUT2D eigenvalue weighted by Crippen LogP contribution is -2.16. The van der Waals surface area contributed by atoms with Crippen LogP contribution in [-0.2, 0) is 10.0 Å². The molecule has 1 heterocycles. The summed E-state index contributed by atoms with van der Waals surface area (Å²) >= 11 is 13.1. The van der Waals surface area contributed by atoms with Crippen LogP contribution < -0.4 is 9.46 Å². The fourth-order valence-corrected chi connectivity index (χ4v) is 4.85. The molecule has 7 nitrogen and oxygen atoms in total. The number of hydrogen-bond donors (Lipinski definition) is 1. The first kappa shape index (κ1) is 22.4. The molecule has 2 aromatic carbocycles. The summed E-state index contributed by atoms with van der Waals surface area (Å²) in [6.45, 7) is 0. The normalized spacial score (nSPS) is 11.2. The third-order valence-electron chi connectivity index (χ3n) is 3.80. The quantitative estimate of drug-likeness (QED) is 0.370. The van der Waals surface area contributed by atoms with Crippen molar-refractivity contribution in [2.75, 3.05) is 17.6 Å². The number of aromatic nitrogens is 2. The molecule has 0 aliphatic carbocycles. The molecule has 0 amide bonds. The highest BCUT2D eigenvalue weighted by Gasteiger charge is 2.23. The lowest BCUT2D eigenvalue weighted by Gasteiger charge is -2.12. The highest BCUT2D eigenvalue weighted by Crippen LogP contribution is 2.31. The van der Waals surface area contributed by atoms with Gasteiger partial charge in [-0.1, -0.05) is 71.4 Å². The van der Waals surface area contributed by atoms with Crippen molar-refractivity contribution < 1.29 is 17.9 Å². The topological polar surface area (TPSA) is 98.2 Å². The predicted octanol–water partition coefficient (Wildman–Crippen LogP) is 4.57. The highest BCUT2D eigenvalue weighted by atomic mass is 35.5. The molecule has 11 heteroatoms. The van der Waals surface area contributed by atoms with Gasteiger partial charge in [-0.15, -0.1) is 0 Å². The molecule has 0 unspecified atom stereocenters. The molecule has 1 aromatic heterocycles. The molecule has 1 N–H and O–H groups in total. The molecule has 3 aromatic rings. The average molecular weight is 484 g/mol. The molecule has 0 saturated carbocycles. The smallest absolute Gasteiger partial charge is 0.264 e. The van der Waals surface area contributed by atoms with Gasteiger partial charge in [0, 0.05) is 5.56 Å². The van der Waals surface area contributed by atoms with Crippen molar-refractivity contribution in [1.82, 2.24) is 9.97 Å². The number of anilines is 1. The van der Waals surface area contributed by atoms with Gasteiger partial charge in [0.25, 0.3) is 15.9 Å². The largest absolute Gasteiger partial charge is 0.478 e. The number of benzene rings is 2. The maximum absolute atomic E-state index is 12.7. The molecule has 0 spiro atoms. The first-order chi connectivity index (χ1) is 14.3. The maximum atomic E-state index is 12.7. The van der Waals surface area contributed by atoms with Gasteiger partial charge in [0.2, 0.25) is 5.82 Å². The molecular formula is C19H15Cl2N3O4S2. The summed E-state index contributed by atoms with van der Waals surface area (Å²) in [5.74, 6) is -0.0895. The number of halogens is 2. The Hall–Kier alpha value is -2.33. The minimum atomic E-state index is -4.08. The second kappa shape index (κ2) is 9.65. The fourth-order valence-electron chi connectivity index (χ4n) is 2.36. The van der Waals surface area contributed by atoms with Crippen molar-refractivity contribution in [1.29, 1.82) is 0 Å². The van der Waals surface area contributed by atoms with Crippen molar-refractivity contribution in [3.8, 4) is 5.88 Å². The van der Waals surface area contributed by atoms with E-state index in [1.54, 1.807) is 24.3 Å². The van der Waals surface area contributed by atoms with Crippen molar-refractivity contribution in [3.63, 3.8) is 0 Å². The van der Waals surface area contributed by atoms with Crippen LogP contribution in [-0.4, -0.2) is 37.0 Å². The van der Waals surface area contributed by atoms with E-state index >= 15 is 0 Å². The monoisotopic (exact) mass is 483 g/mol. The van der Waals surface area contributed by atoms with Crippen molar-refractivity contribution in [2.45, 2.75) is 9.92 Å². The molecule has 156 valence electrons. The predicted molar refractivity (Wildman–Crippen MR) is 117 cm³/mol. The number of nitrogens with one attached hydrogen (secondary N) is 1. The molecule has 0 atom stereocenters. The van der Waals surface area contributed by atoms with Crippen LogP contribution in [0.3, 0.4) is 0 Å². The molecule has 0 aliphatic rings. The zero-order valence-corrected chi connectivity index (χ0v) is 18.6. The fraction of sp³-hybridized carbons (Fsp3) is 0.105. The third-order valence-corrected chi connectivity index (χ3v) is 7.01. The van der Waals surface area contributed by atoms with Gasteiger partial charge in [0.1, 0.15) is 9.92 Å². The number of methoxy groups -OCH3 is 1. The van der Waals surface area contributed by atoms with Gasteiger partial charge in [0.05, 0.1) is 29.1 Å². The maximum Gasteiger partial charge on any atom is 0.264 e. The van der Waals surface area contributed by atoms with Crippen LogP contribution >= 0.6 is 35.0 Å². The minimum Gasteiger partial charge on any atom is -0.478 e. The number of hydrogen-bond acceptors (Lipinski definition) is 7. The molecule has 0 bridgehead atoms. The van der Waals surface area contributed by atoms with E-state index in [-0.39, 0.29) is 38.2 Å². The second-order valence-electron chi connectivity index (χ2n) is 5.80. The summed E-state index contributed by atoms with van der Waals surface area (Å²) in [5.41, 5.74) is 0.590. The van der Waals surface area contributed by atoms with Gasteiger partial charge in [-0.2, -0.15) is 0 Å². The number of carbonyl (C=O) groups excluding carboxylic acids is 1. The summed E-state index contributed by atoms with van der Waals surface area (Å²) < 4.78 is 32.8. The van der Waals surface area contributed by atoms with E-state index in [0.29, 0.717) is 10.6 Å². The Bertz CT molecular complexity index is 1180. The average Bonchev–Trinajstić information content (AvgIpc) is 2.75. The van der Waals surface area contributed by atoms with Crippen molar-refractivity contribution >= 4 is 56.6 Å². The van der Waals surface area contributed by atoms with Crippen molar-refractivity contribution in [2.24, 2.45) is 0 Å². The van der Waals surface area contributed by atoms with Crippen LogP contribution in [0.15, 0.2) is 64.6 Å². The van der Waals surface area contributed by atoms with Crippen LogP contribution in [0.5, 0.6) is 5.88 Å². The number of ether oxygens (including phenoxy) is 1. The zero-order chi connectivity index (χ0) is 21.7. The van der Waals surface area contributed by atoms with Crippen LogP contribution in [0.1, 0.15) is 10.4 Å². The summed E-state index contributed by atoms with van der Waals surface area (Å²) in [7, 11) is -2.75. The Balaban J connectivity index is 1.77. The van der Waals surface area contributed by atoms with E-state index in [2.05, 4.69) is 14.7 Å². The minimum absolute atomic E-state index is 0.0473. The number of rotatable bonds is 8. The first-order valence-electron chi connectivity index (χ1n) is 8.40. The SMILES string of the molecule is COc1nc(SCC(=O)c2ccccc2)cnc1NS(=O)(=O)c1cccc(Cl)c1Cl. The second-order valence-corrected chi connectivity index (χ2v) is 9.23. The standard InChI is InChI=1S/C19H15Cl2N3O4S2/c1-28-19-18(24-30(26,27)15-9-5-8-13(20)17(15)21)22-10-16(23-19)29-11-14(25)12-6-3-2-4-7-12/h2-10H,11H2,1H3,(H,22,24). The van der Waals surface area contributed by atoms with E-state index < -0.39 is 10.0 Å². The number of thioether (sulfide) groups is 1. The number of sulfonamides is 1. The van der Waals surface area contributed by atoms with Gasteiger partial charge in [-0.25, -0.2) is 18.4 Å². The van der Waals surface area contributed by atoms with Gasteiger partial charge < -0.3 is 4.74 Å². The van der Waals surface area contributed by atoms with E-state index in [0.717, 1.165) is 11.8 Å². The van der Waals surface area contributed by atoms with Crippen LogP contribution in [0.2, 0.25) is 10.0 Å². The molecule has 0 aliphatic heterocycles. The van der Waals surface area contributed by atoms with Crippen LogP contribution in [0.4, 0.5) is 5.82 Å². The number of nitrogens with zero attached hydrogens (tertiary/aromatic N) is 2.